The average Bonchev–Trinajstić information content (AvgIpc) is 2.69. The quantitative estimate of drug-likeness (QED) is 0.934. The lowest BCUT2D eigenvalue weighted by atomic mass is 10.2. The van der Waals surface area contributed by atoms with E-state index in [9.17, 15) is 0 Å². The zero-order chi connectivity index (χ0) is 12.4. The first kappa shape index (κ1) is 12.2. The molecular formula is C13H16BrN3. The number of imidazole rings is 1. The van der Waals surface area contributed by atoms with Gasteiger partial charge in [-0.2, -0.15) is 0 Å². The SMILES string of the molecule is Cc1cc(-n2ccnc2NC(C)C)ccc1Br. The van der Waals surface area contributed by atoms with Crippen LogP contribution >= 0.6 is 15.9 Å². The first-order valence-electron chi connectivity index (χ1n) is 5.64. The number of nitrogens with one attached hydrogen (secondary N) is 1. The van der Waals surface area contributed by atoms with Crippen molar-refractivity contribution < 1.29 is 0 Å². The predicted molar refractivity (Wildman–Crippen MR) is 74.8 cm³/mol. The van der Waals surface area contributed by atoms with Crippen molar-refractivity contribution in [1.82, 2.24) is 9.55 Å². The lowest BCUT2D eigenvalue weighted by molar-refractivity contribution is 0.864. The molecule has 0 fully saturated rings. The lowest BCUT2D eigenvalue weighted by Gasteiger charge is -2.13. The van der Waals surface area contributed by atoms with Crippen LogP contribution in [0.5, 0.6) is 0 Å². The van der Waals surface area contributed by atoms with Gasteiger partial charge in [-0.1, -0.05) is 15.9 Å². The molecule has 0 amide bonds. The molecule has 0 aliphatic carbocycles. The molecule has 2 aromatic rings. The van der Waals surface area contributed by atoms with Gasteiger partial charge in [0.25, 0.3) is 0 Å². The third-order valence-corrected chi connectivity index (χ3v) is 3.37. The Morgan fingerprint density at radius 1 is 1.35 bits per heavy atom. The third kappa shape index (κ3) is 2.69. The van der Waals surface area contributed by atoms with Gasteiger partial charge < -0.3 is 5.32 Å². The van der Waals surface area contributed by atoms with Crippen molar-refractivity contribution in [2.75, 3.05) is 5.32 Å². The lowest BCUT2D eigenvalue weighted by Crippen LogP contribution is -2.13. The highest BCUT2D eigenvalue weighted by Gasteiger charge is 2.06. The van der Waals surface area contributed by atoms with Crippen molar-refractivity contribution in [2.45, 2.75) is 26.8 Å². The number of hydrogen-bond donors (Lipinski definition) is 1. The average molecular weight is 294 g/mol. The number of nitrogens with zero attached hydrogens (tertiary/aromatic N) is 2. The Kier molecular flexibility index (Phi) is 3.52. The molecule has 0 radical (unpaired) electrons. The summed E-state index contributed by atoms with van der Waals surface area (Å²) >= 11 is 3.51. The predicted octanol–water partition coefficient (Wildman–Crippen LogP) is 3.76. The Labute approximate surface area is 110 Å². The number of hydrogen-bond acceptors (Lipinski definition) is 2. The van der Waals surface area contributed by atoms with Crippen LogP contribution in [0.4, 0.5) is 5.95 Å². The second-order valence-electron chi connectivity index (χ2n) is 4.35. The molecule has 0 saturated carbocycles. The topological polar surface area (TPSA) is 29.9 Å². The largest absolute Gasteiger partial charge is 0.353 e. The van der Waals surface area contributed by atoms with Gasteiger partial charge in [0.2, 0.25) is 5.95 Å². The van der Waals surface area contributed by atoms with Crippen molar-refractivity contribution in [3.05, 3.63) is 40.6 Å². The Morgan fingerprint density at radius 3 is 2.76 bits per heavy atom. The second-order valence-corrected chi connectivity index (χ2v) is 5.21. The normalized spacial score (nSPS) is 10.9. The van der Waals surface area contributed by atoms with Crippen LogP contribution in [0, 0.1) is 6.92 Å². The Balaban J connectivity index is 2.39. The van der Waals surface area contributed by atoms with Crippen LogP contribution in [-0.2, 0) is 0 Å². The molecule has 0 unspecified atom stereocenters. The van der Waals surface area contributed by atoms with E-state index in [-0.39, 0.29) is 0 Å². The van der Waals surface area contributed by atoms with Crippen molar-refractivity contribution in [3.63, 3.8) is 0 Å². The van der Waals surface area contributed by atoms with Gasteiger partial charge >= 0.3 is 0 Å². The standard InChI is InChI=1S/C13H16BrN3/c1-9(2)16-13-15-6-7-17(13)11-4-5-12(14)10(3)8-11/h4-9H,1-3H3,(H,15,16). The van der Waals surface area contributed by atoms with Gasteiger partial charge in [0, 0.05) is 28.6 Å². The van der Waals surface area contributed by atoms with E-state index in [1.54, 1.807) is 0 Å². The molecule has 1 N–H and O–H groups in total. The Hall–Kier alpha value is -1.29. The van der Waals surface area contributed by atoms with Crippen LogP contribution in [0.1, 0.15) is 19.4 Å². The van der Waals surface area contributed by atoms with Gasteiger partial charge in [0.15, 0.2) is 0 Å². The van der Waals surface area contributed by atoms with E-state index in [2.05, 4.69) is 69.8 Å². The van der Waals surface area contributed by atoms with Crippen molar-refractivity contribution >= 4 is 21.9 Å². The molecule has 4 heteroatoms. The summed E-state index contributed by atoms with van der Waals surface area (Å²) in [5, 5.41) is 3.33. The molecule has 1 heterocycles. The molecule has 2 rings (SSSR count). The molecular weight excluding hydrogens is 278 g/mol. The first-order chi connectivity index (χ1) is 8.08. The smallest absolute Gasteiger partial charge is 0.207 e. The van der Waals surface area contributed by atoms with E-state index in [4.69, 9.17) is 0 Å². The summed E-state index contributed by atoms with van der Waals surface area (Å²) in [6, 6.07) is 6.64. The highest BCUT2D eigenvalue weighted by Crippen LogP contribution is 2.21. The van der Waals surface area contributed by atoms with Crippen LogP contribution in [0.3, 0.4) is 0 Å². The number of aryl methyl sites for hydroxylation is 1. The Bertz CT molecular complexity index is 517. The van der Waals surface area contributed by atoms with E-state index >= 15 is 0 Å². The fourth-order valence-corrected chi connectivity index (χ4v) is 1.90. The minimum atomic E-state index is 0.368. The fourth-order valence-electron chi connectivity index (χ4n) is 1.66. The van der Waals surface area contributed by atoms with Gasteiger partial charge in [-0.25, -0.2) is 4.98 Å². The van der Waals surface area contributed by atoms with E-state index < -0.39 is 0 Å². The molecule has 0 atom stereocenters. The fraction of sp³-hybridized carbons (Fsp3) is 0.308. The maximum Gasteiger partial charge on any atom is 0.207 e. The summed E-state index contributed by atoms with van der Waals surface area (Å²) in [6.07, 6.45) is 3.77. The summed E-state index contributed by atoms with van der Waals surface area (Å²) in [6.45, 7) is 6.29. The number of aromatic nitrogens is 2. The maximum absolute atomic E-state index is 4.32. The molecule has 1 aromatic heterocycles. The molecule has 90 valence electrons. The zero-order valence-electron chi connectivity index (χ0n) is 10.2. The maximum atomic E-state index is 4.32. The van der Waals surface area contributed by atoms with Gasteiger partial charge in [-0.15, -0.1) is 0 Å². The Morgan fingerprint density at radius 2 is 2.12 bits per heavy atom. The van der Waals surface area contributed by atoms with Gasteiger partial charge in [0.1, 0.15) is 0 Å². The highest BCUT2D eigenvalue weighted by atomic mass is 79.9. The number of rotatable bonds is 3. The van der Waals surface area contributed by atoms with Crippen LogP contribution in [0.15, 0.2) is 35.1 Å². The molecule has 0 aliphatic heterocycles. The molecule has 3 nitrogen and oxygen atoms in total. The van der Waals surface area contributed by atoms with Crippen LogP contribution in [0.25, 0.3) is 5.69 Å². The van der Waals surface area contributed by atoms with Crippen LogP contribution in [0.2, 0.25) is 0 Å². The summed E-state index contributed by atoms with van der Waals surface area (Å²) in [7, 11) is 0. The molecule has 0 bridgehead atoms. The van der Waals surface area contributed by atoms with Gasteiger partial charge in [-0.05, 0) is 44.5 Å². The van der Waals surface area contributed by atoms with Crippen LogP contribution < -0.4 is 5.32 Å². The minimum absolute atomic E-state index is 0.368. The van der Waals surface area contributed by atoms with Gasteiger partial charge in [0.05, 0.1) is 0 Å². The first-order valence-corrected chi connectivity index (χ1v) is 6.43. The summed E-state index contributed by atoms with van der Waals surface area (Å²) in [4.78, 5) is 4.32. The zero-order valence-corrected chi connectivity index (χ0v) is 11.8. The molecule has 17 heavy (non-hydrogen) atoms. The summed E-state index contributed by atoms with van der Waals surface area (Å²) in [5.74, 6) is 0.877. The molecule has 1 aromatic carbocycles. The molecule has 0 saturated heterocycles. The van der Waals surface area contributed by atoms with Crippen LogP contribution in [-0.4, -0.2) is 15.6 Å². The monoisotopic (exact) mass is 293 g/mol. The molecule has 0 aliphatic rings. The second kappa shape index (κ2) is 4.92. The van der Waals surface area contributed by atoms with Crippen molar-refractivity contribution in [3.8, 4) is 5.69 Å². The van der Waals surface area contributed by atoms with E-state index in [1.807, 2.05) is 12.4 Å². The van der Waals surface area contributed by atoms with E-state index in [0.717, 1.165) is 16.1 Å². The highest BCUT2D eigenvalue weighted by molar-refractivity contribution is 9.10. The number of benzene rings is 1. The number of anilines is 1. The van der Waals surface area contributed by atoms with Crippen molar-refractivity contribution in [1.29, 1.82) is 0 Å². The summed E-state index contributed by atoms with van der Waals surface area (Å²) < 4.78 is 3.18. The van der Waals surface area contributed by atoms with E-state index in [0.29, 0.717) is 6.04 Å². The van der Waals surface area contributed by atoms with Gasteiger partial charge in [-0.3, -0.25) is 4.57 Å². The number of halogens is 1. The third-order valence-electron chi connectivity index (χ3n) is 2.48. The summed E-state index contributed by atoms with van der Waals surface area (Å²) in [5.41, 5.74) is 2.33. The molecule has 0 spiro atoms. The van der Waals surface area contributed by atoms with E-state index in [1.165, 1.54) is 5.56 Å². The van der Waals surface area contributed by atoms with Crippen molar-refractivity contribution in [2.24, 2.45) is 0 Å². The minimum Gasteiger partial charge on any atom is -0.353 e.